The maximum Gasteiger partial charge on any atom is -0.00264 e. The van der Waals surface area contributed by atoms with E-state index in [9.17, 15) is 0 Å². The van der Waals surface area contributed by atoms with Crippen LogP contribution in [-0.2, 0) is 0 Å². The van der Waals surface area contributed by atoms with Gasteiger partial charge in [-0.1, -0.05) is 163 Å². The lowest BCUT2D eigenvalue weighted by Gasteiger charge is -2.17. The Balaban J connectivity index is 1.26. The second-order valence-electron chi connectivity index (χ2n) is 12.3. The Hall–Kier alpha value is -5.46. The normalized spacial score (nSPS) is 11.8. The maximum absolute atomic E-state index is 2.33. The highest BCUT2D eigenvalue weighted by molar-refractivity contribution is 6.21. The first-order valence-corrected chi connectivity index (χ1v) is 15.8. The van der Waals surface area contributed by atoms with Crippen molar-refractivity contribution in [1.29, 1.82) is 0 Å². The van der Waals surface area contributed by atoms with E-state index >= 15 is 0 Å². The van der Waals surface area contributed by atoms with Gasteiger partial charge in [0.15, 0.2) is 0 Å². The van der Waals surface area contributed by atoms with Gasteiger partial charge in [0.05, 0.1) is 0 Å². The number of hydrogen-bond donors (Lipinski definition) is 0. The molecule has 0 saturated carbocycles. The minimum atomic E-state index is 1.19. The average Bonchev–Trinajstić information content (AvgIpc) is 3.08. The van der Waals surface area contributed by atoms with Gasteiger partial charge in [-0.15, -0.1) is 0 Å². The Morgan fingerprint density at radius 3 is 1.38 bits per heavy atom. The molecule has 0 radical (unpaired) electrons. The molecule has 0 saturated heterocycles. The zero-order valence-corrected chi connectivity index (χ0v) is 25.9. The fraction of sp³-hybridized carbons (Fsp3) is 0.0667. The van der Waals surface area contributed by atoms with Gasteiger partial charge in [-0.2, -0.15) is 0 Å². The minimum Gasteiger partial charge on any atom is -0.0622 e. The summed E-state index contributed by atoms with van der Waals surface area (Å²) in [6, 6.07) is 51.3. The molecule has 0 fully saturated rings. The third kappa shape index (κ3) is 4.62. The van der Waals surface area contributed by atoms with Crippen molar-refractivity contribution in [3.05, 3.63) is 167 Å². The van der Waals surface area contributed by atoms with E-state index in [1.807, 2.05) is 0 Å². The number of fused-ring (bicyclic) bond motifs is 5. The summed E-state index contributed by atoms with van der Waals surface area (Å²) in [7, 11) is 0. The Kier molecular flexibility index (Phi) is 6.58. The molecule has 45 heavy (non-hydrogen) atoms. The topological polar surface area (TPSA) is 0 Å². The number of benzene rings is 8. The van der Waals surface area contributed by atoms with Crippen molar-refractivity contribution in [3.63, 3.8) is 0 Å². The highest BCUT2D eigenvalue weighted by Crippen LogP contribution is 2.43. The Bertz CT molecular complexity index is 2370. The van der Waals surface area contributed by atoms with Gasteiger partial charge in [0.25, 0.3) is 0 Å². The lowest BCUT2D eigenvalue weighted by molar-refractivity contribution is 1.46. The molecule has 214 valence electrons. The minimum absolute atomic E-state index is 1.19. The molecule has 8 rings (SSSR count). The van der Waals surface area contributed by atoms with E-state index in [1.54, 1.807) is 0 Å². The van der Waals surface area contributed by atoms with Gasteiger partial charge in [-0.25, -0.2) is 0 Å². The molecule has 0 heterocycles. The van der Waals surface area contributed by atoms with Crippen molar-refractivity contribution in [2.75, 3.05) is 0 Å². The van der Waals surface area contributed by atoms with Crippen LogP contribution in [0, 0.1) is 20.8 Å². The van der Waals surface area contributed by atoms with Crippen molar-refractivity contribution < 1.29 is 0 Å². The summed E-state index contributed by atoms with van der Waals surface area (Å²) >= 11 is 0. The summed E-state index contributed by atoms with van der Waals surface area (Å²) < 4.78 is 0. The van der Waals surface area contributed by atoms with E-state index in [0.29, 0.717) is 0 Å². The third-order valence-electron chi connectivity index (χ3n) is 9.37. The van der Waals surface area contributed by atoms with Crippen molar-refractivity contribution in [2.45, 2.75) is 20.8 Å². The monoisotopic (exact) mass is 574 g/mol. The van der Waals surface area contributed by atoms with E-state index in [1.165, 1.54) is 93.2 Å². The van der Waals surface area contributed by atoms with E-state index in [2.05, 4.69) is 172 Å². The summed E-state index contributed by atoms with van der Waals surface area (Å²) in [6.07, 6.45) is 4.58. The molecule has 0 aliphatic rings. The summed E-state index contributed by atoms with van der Waals surface area (Å²) in [5.74, 6) is 0. The zero-order valence-electron chi connectivity index (χ0n) is 25.9. The first-order chi connectivity index (χ1) is 22.1. The first kappa shape index (κ1) is 27.1. The average molecular weight is 575 g/mol. The molecule has 0 amide bonds. The smallest absolute Gasteiger partial charge is 0.00264 e. The molecule has 8 aromatic carbocycles. The molecule has 0 spiro atoms. The van der Waals surface area contributed by atoms with E-state index < -0.39 is 0 Å². The summed E-state index contributed by atoms with van der Waals surface area (Å²) in [6.45, 7) is 6.62. The van der Waals surface area contributed by atoms with Gasteiger partial charge in [0, 0.05) is 0 Å². The van der Waals surface area contributed by atoms with Gasteiger partial charge >= 0.3 is 0 Å². The summed E-state index contributed by atoms with van der Waals surface area (Å²) in [5, 5.41) is 10.4. The Morgan fingerprint density at radius 2 is 0.822 bits per heavy atom. The largest absolute Gasteiger partial charge is 0.0622 e. The van der Waals surface area contributed by atoms with Crippen molar-refractivity contribution in [2.24, 2.45) is 0 Å². The second kappa shape index (κ2) is 10.9. The van der Waals surface area contributed by atoms with Crippen molar-refractivity contribution >= 4 is 55.2 Å². The Morgan fingerprint density at radius 1 is 0.356 bits per heavy atom. The van der Waals surface area contributed by atoms with Crippen LogP contribution in [0.25, 0.3) is 77.5 Å². The maximum atomic E-state index is 2.33. The molecular formula is C45H34. The SMILES string of the molecule is Cc1ccc2c(c1)c(C)c(C=Cc1ccc(-c3c4ccccc4c(-c4ccccc4)c4ccccc34)cc1)c1cc(C)ccc12. The van der Waals surface area contributed by atoms with Crippen LogP contribution in [0.5, 0.6) is 0 Å². The molecule has 0 bridgehead atoms. The van der Waals surface area contributed by atoms with Crippen LogP contribution in [0.1, 0.15) is 27.8 Å². The lowest BCUT2D eigenvalue weighted by atomic mass is 9.86. The van der Waals surface area contributed by atoms with E-state index in [0.717, 1.165) is 0 Å². The van der Waals surface area contributed by atoms with Crippen LogP contribution >= 0.6 is 0 Å². The van der Waals surface area contributed by atoms with Gasteiger partial charge in [-0.3, -0.25) is 0 Å². The summed E-state index contributed by atoms with van der Waals surface area (Å²) in [4.78, 5) is 0. The molecule has 0 atom stereocenters. The highest BCUT2D eigenvalue weighted by Gasteiger charge is 2.16. The van der Waals surface area contributed by atoms with E-state index in [-0.39, 0.29) is 0 Å². The molecule has 0 nitrogen and oxygen atoms in total. The van der Waals surface area contributed by atoms with Gasteiger partial charge in [-0.05, 0) is 103 Å². The number of hydrogen-bond acceptors (Lipinski definition) is 0. The van der Waals surface area contributed by atoms with Crippen molar-refractivity contribution in [3.8, 4) is 22.3 Å². The molecule has 0 aromatic heterocycles. The van der Waals surface area contributed by atoms with Crippen LogP contribution in [0.2, 0.25) is 0 Å². The predicted octanol–water partition coefficient (Wildman–Crippen LogP) is 12.7. The Labute approximate surface area is 264 Å². The molecule has 0 heteroatoms. The molecule has 0 aliphatic carbocycles. The molecular weight excluding hydrogens is 540 g/mol. The lowest BCUT2D eigenvalue weighted by Crippen LogP contribution is -1.91. The van der Waals surface area contributed by atoms with Gasteiger partial charge in [0.2, 0.25) is 0 Å². The standard InChI is InChI=1S/C45H34/c1-29-17-24-36-37-25-18-30(2)28-43(37)35(31(3)42(36)27-29)26-21-32-19-22-34(23-20-32)45-40-15-9-7-13-38(40)44(33-11-5-4-6-12-33)39-14-8-10-16-41(39)45/h4-28H,1-3H3. The van der Waals surface area contributed by atoms with E-state index in [4.69, 9.17) is 0 Å². The fourth-order valence-electron chi connectivity index (χ4n) is 7.18. The first-order valence-electron chi connectivity index (χ1n) is 15.8. The number of aryl methyl sites for hydroxylation is 3. The number of rotatable bonds is 4. The van der Waals surface area contributed by atoms with Crippen LogP contribution < -0.4 is 0 Å². The second-order valence-corrected chi connectivity index (χ2v) is 12.3. The predicted molar refractivity (Wildman–Crippen MR) is 197 cm³/mol. The third-order valence-corrected chi connectivity index (χ3v) is 9.37. The molecule has 0 unspecified atom stereocenters. The van der Waals surface area contributed by atoms with Crippen LogP contribution in [0.4, 0.5) is 0 Å². The summed E-state index contributed by atoms with van der Waals surface area (Å²) in [5.41, 5.74) is 11.5. The van der Waals surface area contributed by atoms with Crippen LogP contribution in [0.3, 0.4) is 0 Å². The fourth-order valence-corrected chi connectivity index (χ4v) is 7.18. The van der Waals surface area contributed by atoms with Crippen LogP contribution in [-0.4, -0.2) is 0 Å². The quantitative estimate of drug-likeness (QED) is 0.111. The van der Waals surface area contributed by atoms with Gasteiger partial charge < -0.3 is 0 Å². The molecule has 0 N–H and O–H groups in total. The zero-order chi connectivity index (χ0) is 30.5. The molecule has 8 aromatic rings. The van der Waals surface area contributed by atoms with Crippen LogP contribution in [0.15, 0.2) is 140 Å². The van der Waals surface area contributed by atoms with Gasteiger partial charge in [0.1, 0.15) is 0 Å². The van der Waals surface area contributed by atoms with Crippen molar-refractivity contribution in [1.82, 2.24) is 0 Å². The molecule has 0 aliphatic heterocycles. The highest BCUT2D eigenvalue weighted by atomic mass is 14.2.